The molecular weight excluding hydrogens is 263 g/mol. The van der Waals surface area contributed by atoms with Crippen molar-refractivity contribution in [2.75, 3.05) is 0 Å². The highest BCUT2D eigenvalue weighted by atomic mass is 19.4. The van der Waals surface area contributed by atoms with Crippen LogP contribution in [0, 0.1) is 12.1 Å². The molecule has 102 valence electrons. The SMILES string of the molecule is CC(C)n1c2c#cccc2c2ccc(C(F)(F)F)cc21. The smallest absolute Gasteiger partial charge is 0.331 e. The van der Waals surface area contributed by atoms with E-state index in [2.05, 4.69) is 12.1 Å². The van der Waals surface area contributed by atoms with Crippen molar-refractivity contribution in [2.24, 2.45) is 0 Å². The number of hydrogen-bond donors (Lipinski definition) is 0. The molecule has 0 saturated carbocycles. The number of hydrogen-bond acceptors (Lipinski definition) is 0. The summed E-state index contributed by atoms with van der Waals surface area (Å²) >= 11 is 0. The van der Waals surface area contributed by atoms with E-state index < -0.39 is 11.7 Å². The summed E-state index contributed by atoms with van der Waals surface area (Å²) in [5.41, 5.74) is 0.746. The molecule has 0 atom stereocenters. The van der Waals surface area contributed by atoms with Crippen molar-refractivity contribution in [1.82, 2.24) is 4.57 Å². The molecule has 2 aromatic carbocycles. The highest BCUT2D eigenvalue weighted by molar-refractivity contribution is 6.07. The fourth-order valence-electron chi connectivity index (χ4n) is 2.58. The van der Waals surface area contributed by atoms with Crippen molar-refractivity contribution in [3.63, 3.8) is 0 Å². The van der Waals surface area contributed by atoms with Crippen molar-refractivity contribution in [1.29, 1.82) is 0 Å². The van der Waals surface area contributed by atoms with Crippen LogP contribution < -0.4 is 0 Å². The Morgan fingerprint density at radius 1 is 1.10 bits per heavy atom. The Morgan fingerprint density at radius 3 is 2.50 bits per heavy atom. The van der Waals surface area contributed by atoms with Crippen molar-refractivity contribution < 1.29 is 13.2 Å². The van der Waals surface area contributed by atoms with Crippen LogP contribution in [0.4, 0.5) is 13.2 Å². The Kier molecular flexibility index (Phi) is 2.68. The van der Waals surface area contributed by atoms with Crippen LogP contribution in [0.25, 0.3) is 21.8 Å². The molecule has 0 unspecified atom stereocenters. The van der Waals surface area contributed by atoms with Crippen molar-refractivity contribution in [3.8, 4) is 0 Å². The van der Waals surface area contributed by atoms with Crippen molar-refractivity contribution in [3.05, 3.63) is 48.0 Å². The van der Waals surface area contributed by atoms with Crippen LogP contribution in [0.15, 0.2) is 30.3 Å². The third-order valence-electron chi connectivity index (χ3n) is 3.41. The second-order valence-electron chi connectivity index (χ2n) is 5.06. The molecule has 4 heteroatoms. The second-order valence-corrected chi connectivity index (χ2v) is 5.06. The summed E-state index contributed by atoms with van der Waals surface area (Å²) in [7, 11) is 0. The van der Waals surface area contributed by atoms with Gasteiger partial charge in [0.25, 0.3) is 0 Å². The number of benzene rings is 1. The summed E-state index contributed by atoms with van der Waals surface area (Å²) in [6.07, 6.45) is -4.33. The van der Waals surface area contributed by atoms with Crippen LogP contribution in [0.5, 0.6) is 0 Å². The molecule has 3 aromatic rings. The van der Waals surface area contributed by atoms with E-state index in [-0.39, 0.29) is 6.04 Å². The van der Waals surface area contributed by atoms with E-state index in [1.807, 2.05) is 24.5 Å². The minimum Gasteiger partial charge on any atom is -0.331 e. The number of alkyl halides is 3. The van der Waals surface area contributed by atoms with Gasteiger partial charge in [-0.15, -0.1) is 0 Å². The quantitative estimate of drug-likeness (QED) is 0.589. The van der Waals surface area contributed by atoms with Crippen LogP contribution >= 0.6 is 0 Å². The van der Waals surface area contributed by atoms with E-state index in [1.165, 1.54) is 12.1 Å². The molecule has 1 nitrogen and oxygen atoms in total. The third kappa shape index (κ3) is 1.82. The summed E-state index contributed by atoms with van der Waals surface area (Å²) in [4.78, 5) is 0. The molecular formula is C16H12F3N. The minimum atomic E-state index is -4.33. The van der Waals surface area contributed by atoms with Gasteiger partial charge >= 0.3 is 6.18 Å². The van der Waals surface area contributed by atoms with E-state index in [4.69, 9.17) is 0 Å². The largest absolute Gasteiger partial charge is 0.416 e. The van der Waals surface area contributed by atoms with E-state index in [9.17, 15) is 13.2 Å². The minimum absolute atomic E-state index is 0.0468. The predicted molar refractivity (Wildman–Crippen MR) is 72.5 cm³/mol. The van der Waals surface area contributed by atoms with E-state index in [0.29, 0.717) is 5.52 Å². The van der Waals surface area contributed by atoms with Crippen LogP contribution in [-0.2, 0) is 6.18 Å². The maximum Gasteiger partial charge on any atom is 0.416 e. The first-order valence-electron chi connectivity index (χ1n) is 6.33. The molecule has 20 heavy (non-hydrogen) atoms. The van der Waals surface area contributed by atoms with Crippen LogP contribution in [0.2, 0.25) is 0 Å². The highest BCUT2D eigenvalue weighted by Gasteiger charge is 2.31. The lowest BCUT2D eigenvalue weighted by Gasteiger charge is -2.12. The van der Waals surface area contributed by atoms with E-state index in [0.717, 1.165) is 22.4 Å². The first-order valence-corrected chi connectivity index (χ1v) is 6.33. The molecule has 0 fully saturated rings. The lowest BCUT2D eigenvalue weighted by molar-refractivity contribution is -0.137. The lowest BCUT2D eigenvalue weighted by Crippen LogP contribution is -2.06. The zero-order chi connectivity index (χ0) is 14.5. The molecule has 0 N–H and O–H groups in total. The van der Waals surface area contributed by atoms with Gasteiger partial charge in [-0.05, 0) is 44.2 Å². The maximum atomic E-state index is 12.9. The molecule has 0 radical (unpaired) electrons. The maximum absolute atomic E-state index is 12.9. The first-order chi connectivity index (χ1) is 9.39. The normalized spacial score (nSPS) is 12.3. The molecule has 3 rings (SSSR count). The fraction of sp³-hybridized carbons (Fsp3) is 0.250. The molecule has 1 aromatic heterocycles. The zero-order valence-electron chi connectivity index (χ0n) is 11.0. The summed E-state index contributed by atoms with van der Waals surface area (Å²) in [6, 6.07) is 13.4. The fourth-order valence-corrected chi connectivity index (χ4v) is 2.58. The third-order valence-corrected chi connectivity index (χ3v) is 3.41. The van der Waals surface area contributed by atoms with Gasteiger partial charge in [0.05, 0.1) is 11.1 Å². The number of aromatic nitrogens is 1. The van der Waals surface area contributed by atoms with Crippen molar-refractivity contribution in [2.45, 2.75) is 26.1 Å². The topological polar surface area (TPSA) is 4.93 Å². The van der Waals surface area contributed by atoms with Crippen LogP contribution in [0.1, 0.15) is 25.5 Å². The number of rotatable bonds is 1. The van der Waals surface area contributed by atoms with Gasteiger partial charge in [-0.1, -0.05) is 12.1 Å². The van der Waals surface area contributed by atoms with Gasteiger partial charge in [0.1, 0.15) is 5.52 Å². The molecule has 0 spiro atoms. The predicted octanol–water partition coefficient (Wildman–Crippen LogP) is 4.99. The molecule has 0 aliphatic rings. The Labute approximate surface area is 114 Å². The highest BCUT2D eigenvalue weighted by Crippen LogP contribution is 2.36. The summed E-state index contributed by atoms with van der Waals surface area (Å²) in [6.45, 7) is 3.89. The summed E-state index contributed by atoms with van der Waals surface area (Å²) in [5.74, 6) is 0. The first kappa shape index (κ1) is 12.9. The Hall–Kier alpha value is -2.15. The number of fused-ring (bicyclic) bond motifs is 3. The van der Waals surface area contributed by atoms with Gasteiger partial charge in [0.2, 0.25) is 0 Å². The zero-order valence-corrected chi connectivity index (χ0v) is 11.0. The number of halogens is 3. The Balaban J connectivity index is 2.45. The van der Waals surface area contributed by atoms with Gasteiger partial charge < -0.3 is 4.57 Å². The van der Waals surface area contributed by atoms with Crippen LogP contribution in [0.3, 0.4) is 0 Å². The monoisotopic (exact) mass is 275 g/mol. The molecule has 1 heterocycles. The molecule has 0 bridgehead atoms. The molecule has 0 saturated heterocycles. The van der Waals surface area contributed by atoms with E-state index in [1.54, 1.807) is 6.07 Å². The molecule has 0 aliphatic heterocycles. The second kappa shape index (κ2) is 4.17. The average Bonchev–Trinajstić information content (AvgIpc) is 2.71. The average molecular weight is 275 g/mol. The van der Waals surface area contributed by atoms with Crippen molar-refractivity contribution >= 4 is 21.8 Å². The van der Waals surface area contributed by atoms with Crippen LogP contribution in [-0.4, -0.2) is 4.57 Å². The Bertz CT molecular complexity index is 781. The van der Waals surface area contributed by atoms with Gasteiger partial charge in [-0.3, -0.25) is 0 Å². The van der Waals surface area contributed by atoms with Gasteiger partial charge in [-0.25, -0.2) is 0 Å². The van der Waals surface area contributed by atoms with Gasteiger partial charge in [0, 0.05) is 16.8 Å². The van der Waals surface area contributed by atoms with E-state index >= 15 is 0 Å². The summed E-state index contributed by atoms with van der Waals surface area (Å²) < 4.78 is 40.5. The Morgan fingerprint density at radius 2 is 1.85 bits per heavy atom. The number of nitrogens with zero attached hydrogens (tertiary/aromatic N) is 1. The molecule has 0 aliphatic carbocycles. The summed E-state index contributed by atoms with van der Waals surface area (Å²) in [5, 5.41) is 1.72. The van der Waals surface area contributed by atoms with Gasteiger partial charge in [0.15, 0.2) is 0 Å². The standard InChI is InChI=1S/C16H12F3N/c1-10(2)20-14-6-4-3-5-12(14)13-8-7-11(9-15(13)20)16(17,18)19/h3,5,7-10H,1-2H3. The van der Waals surface area contributed by atoms with Gasteiger partial charge in [-0.2, -0.15) is 13.2 Å². The lowest BCUT2D eigenvalue weighted by atomic mass is 10.1. The molecule has 0 amide bonds.